The minimum absolute atomic E-state index is 0.0897. The monoisotopic (exact) mass is 374 g/mol. The molecule has 2 aromatic rings. The lowest BCUT2D eigenvalue weighted by atomic mass is 10.2. The molecular formula is C18H18N2O7. The number of nitrogens with zero attached hydrogens (tertiary/aromatic N) is 1. The first-order valence-electron chi connectivity index (χ1n) is 7.92. The van der Waals surface area contributed by atoms with Gasteiger partial charge in [0.15, 0.2) is 6.04 Å². The molecule has 0 heterocycles. The van der Waals surface area contributed by atoms with E-state index in [0.717, 1.165) is 5.56 Å². The van der Waals surface area contributed by atoms with Crippen LogP contribution in [0.15, 0.2) is 54.6 Å². The van der Waals surface area contributed by atoms with Crippen molar-refractivity contribution in [3.05, 3.63) is 70.3 Å². The lowest BCUT2D eigenvalue weighted by molar-refractivity contribution is -0.384. The van der Waals surface area contributed by atoms with Crippen molar-refractivity contribution in [3.63, 3.8) is 0 Å². The van der Waals surface area contributed by atoms with Crippen molar-refractivity contribution in [2.45, 2.75) is 12.6 Å². The van der Waals surface area contributed by atoms with E-state index in [0.29, 0.717) is 0 Å². The van der Waals surface area contributed by atoms with Gasteiger partial charge in [0.25, 0.3) is 5.69 Å². The lowest BCUT2D eigenvalue weighted by Gasteiger charge is -2.16. The van der Waals surface area contributed by atoms with Gasteiger partial charge in [-0.05, 0) is 17.7 Å². The zero-order valence-corrected chi connectivity index (χ0v) is 14.5. The average Bonchev–Trinajstić information content (AvgIpc) is 2.67. The summed E-state index contributed by atoms with van der Waals surface area (Å²) < 4.78 is 15.1. The summed E-state index contributed by atoms with van der Waals surface area (Å²) in [5.41, 5.74) is 0.777. The van der Waals surface area contributed by atoms with Crippen molar-refractivity contribution < 1.29 is 28.7 Å². The van der Waals surface area contributed by atoms with E-state index in [4.69, 9.17) is 9.47 Å². The van der Waals surface area contributed by atoms with E-state index < -0.39 is 23.0 Å². The van der Waals surface area contributed by atoms with E-state index in [2.05, 4.69) is 10.1 Å². The van der Waals surface area contributed by atoms with Crippen LogP contribution >= 0.6 is 0 Å². The largest absolute Gasteiger partial charge is 0.467 e. The molecule has 0 saturated heterocycles. The third-order valence-corrected chi connectivity index (χ3v) is 3.43. The Hall–Kier alpha value is -3.46. The van der Waals surface area contributed by atoms with Gasteiger partial charge in [-0.2, -0.15) is 0 Å². The number of nitrogens with one attached hydrogen (secondary N) is 1. The molecule has 1 atom stereocenters. The number of hydrogen-bond donors (Lipinski definition) is 1. The standard InChI is InChI=1S/C18H18N2O7/c1-25-17(21)16(12-26-11-13-5-3-2-4-6-13)19-18(22)27-15-9-7-14(8-10-15)20(23)24/h2-10,16H,11-12H2,1H3,(H,19,22)/t16-/m0/s1. The molecule has 0 unspecified atom stereocenters. The van der Waals surface area contributed by atoms with Gasteiger partial charge in [-0.15, -0.1) is 0 Å². The van der Waals surface area contributed by atoms with Gasteiger partial charge in [0.2, 0.25) is 0 Å². The number of amides is 1. The highest BCUT2D eigenvalue weighted by atomic mass is 16.6. The van der Waals surface area contributed by atoms with E-state index in [9.17, 15) is 19.7 Å². The van der Waals surface area contributed by atoms with E-state index in [1.165, 1.54) is 31.4 Å². The molecule has 0 aliphatic carbocycles. The molecule has 1 amide bonds. The van der Waals surface area contributed by atoms with Crippen LogP contribution in [0, 0.1) is 10.1 Å². The fourth-order valence-corrected chi connectivity index (χ4v) is 2.09. The van der Waals surface area contributed by atoms with Gasteiger partial charge in [-0.1, -0.05) is 30.3 Å². The van der Waals surface area contributed by atoms with Crippen molar-refractivity contribution in [1.82, 2.24) is 5.32 Å². The van der Waals surface area contributed by atoms with Gasteiger partial charge in [0.05, 0.1) is 25.2 Å². The number of ether oxygens (including phenoxy) is 3. The van der Waals surface area contributed by atoms with E-state index >= 15 is 0 Å². The highest BCUT2D eigenvalue weighted by molar-refractivity contribution is 5.82. The van der Waals surface area contributed by atoms with Crippen LogP contribution in [0.5, 0.6) is 5.75 Å². The average molecular weight is 374 g/mol. The Labute approximate surface area is 155 Å². The molecule has 9 heteroatoms. The number of esters is 1. The minimum atomic E-state index is -1.07. The van der Waals surface area contributed by atoms with Crippen LogP contribution in [0.4, 0.5) is 10.5 Å². The molecule has 0 aromatic heterocycles. The maximum atomic E-state index is 12.0. The molecule has 2 aromatic carbocycles. The smallest absolute Gasteiger partial charge is 0.413 e. The van der Waals surface area contributed by atoms with Gasteiger partial charge in [0.1, 0.15) is 5.75 Å². The van der Waals surface area contributed by atoms with Gasteiger partial charge in [-0.25, -0.2) is 9.59 Å². The third kappa shape index (κ3) is 6.40. The van der Waals surface area contributed by atoms with E-state index in [1.54, 1.807) is 0 Å². The summed E-state index contributed by atoms with van der Waals surface area (Å²) in [6.07, 6.45) is -0.914. The molecule has 0 fully saturated rings. The Bertz CT molecular complexity index is 778. The minimum Gasteiger partial charge on any atom is -0.467 e. The van der Waals surface area contributed by atoms with E-state index in [1.807, 2.05) is 30.3 Å². The van der Waals surface area contributed by atoms with Gasteiger partial charge in [0, 0.05) is 12.1 Å². The second kappa shape index (κ2) is 9.88. The predicted molar refractivity (Wildman–Crippen MR) is 94.2 cm³/mol. The molecule has 142 valence electrons. The molecule has 27 heavy (non-hydrogen) atoms. The summed E-state index contributed by atoms with van der Waals surface area (Å²) in [6, 6.07) is 13.2. The van der Waals surface area contributed by atoms with Gasteiger partial charge in [-0.3, -0.25) is 10.1 Å². The number of carbonyl (C=O) groups is 2. The first-order chi connectivity index (χ1) is 13.0. The number of methoxy groups -OCH3 is 1. The zero-order valence-electron chi connectivity index (χ0n) is 14.5. The molecule has 0 saturated carbocycles. The maximum absolute atomic E-state index is 12.0. The third-order valence-electron chi connectivity index (χ3n) is 3.43. The zero-order chi connectivity index (χ0) is 19.6. The van der Waals surface area contributed by atoms with Crippen molar-refractivity contribution >= 4 is 17.7 Å². The van der Waals surface area contributed by atoms with Crippen LogP contribution in [0.25, 0.3) is 0 Å². The fraction of sp³-hybridized carbons (Fsp3) is 0.222. The quantitative estimate of drug-likeness (QED) is 0.428. The maximum Gasteiger partial charge on any atom is 0.413 e. The molecule has 0 bridgehead atoms. The Balaban J connectivity index is 1.89. The summed E-state index contributed by atoms with van der Waals surface area (Å²) in [6.45, 7) is 0.143. The summed E-state index contributed by atoms with van der Waals surface area (Å²) >= 11 is 0. The van der Waals surface area contributed by atoms with E-state index in [-0.39, 0.29) is 24.7 Å². The van der Waals surface area contributed by atoms with Gasteiger partial charge >= 0.3 is 12.1 Å². The molecule has 0 radical (unpaired) electrons. The predicted octanol–water partition coefficient (Wildman–Crippen LogP) is 2.44. The van der Waals surface area contributed by atoms with Crippen molar-refractivity contribution in [1.29, 1.82) is 0 Å². The molecule has 0 aliphatic rings. The number of hydrogen-bond acceptors (Lipinski definition) is 7. The molecule has 2 rings (SSSR count). The first kappa shape index (κ1) is 19.9. The summed E-state index contributed by atoms with van der Waals surface area (Å²) in [7, 11) is 1.19. The molecule has 9 nitrogen and oxygen atoms in total. The van der Waals surface area contributed by atoms with Gasteiger partial charge < -0.3 is 19.5 Å². The summed E-state index contributed by atoms with van der Waals surface area (Å²) in [5, 5.41) is 13.0. The van der Waals surface area contributed by atoms with Crippen molar-refractivity contribution in [2.75, 3.05) is 13.7 Å². The van der Waals surface area contributed by atoms with Crippen LogP contribution in [0.1, 0.15) is 5.56 Å². The van der Waals surface area contributed by atoms with Crippen LogP contribution in [-0.4, -0.2) is 36.7 Å². The van der Waals surface area contributed by atoms with Crippen molar-refractivity contribution in [2.24, 2.45) is 0 Å². The molecular weight excluding hydrogens is 356 g/mol. The molecule has 0 spiro atoms. The molecule has 1 N–H and O–H groups in total. The van der Waals surface area contributed by atoms with Crippen LogP contribution in [-0.2, 0) is 20.9 Å². The van der Waals surface area contributed by atoms with Crippen LogP contribution < -0.4 is 10.1 Å². The Morgan fingerprint density at radius 1 is 1.11 bits per heavy atom. The Kier molecular flexibility index (Phi) is 7.26. The number of nitro benzene ring substituents is 1. The highest BCUT2D eigenvalue weighted by Gasteiger charge is 2.23. The lowest BCUT2D eigenvalue weighted by Crippen LogP contribution is -2.45. The number of non-ortho nitro benzene ring substituents is 1. The van der Waals surface area contributed by atoms with Crippen LogP contribution in [0.3, 0.4) is 0 Å². The second-order valence-corrected chi connectivity index (χ2v) is 5.36. The number of benzene rings is 2. The summed E-state index contributed by atoms with van der Waals surface area (Å²) in [5.74, 6) is -0.601. The SMILES string of the molecule is COC(=O)[C@H](COCc1ccccc1)NC(=O)Oc1ccc([N+](=O)[O-])cc1. The Morgan fingerprint density at radius 3 is 2.37 bits per heavy atom. The van der Waals surface area contributed by atoms with Crippen LogP contribution in [0.2, 0.25) is 0 Å². The highest BCUT2D eigenvalue weighted by Crippen LogP contribution is 2.17. The number of carbonyl (C=O) groups excluding carboxylic acids is 2. The first-order valence-corrected chi connectivity index (χ1v) is 7.92. The number of nitro groups is 1. The summed E-state index contributed by atoms with van der Waals surface area (Å²) in [4.78, 5) is 33.8. The fourth-order valence-electron chi connectivity index (χ4n) is 2.09. The second-order valence-electron chi connectivity index (χ2n) is 5.36. The molecule has 0 aliphatic heterocycles. The normalized spacial score (nSPS) is 11.3. The Morgan fingerprint density at radius 2 is 1.78 bits per heavy atom. The van der Waals surface area contributed by atoms with Crippen molar-refractivity contribution in [3.8, 4) is 5.75 Å². The number of rotatable bonds is 8. The topological polar surface area (TPSA) is 117 Å².